The predicted molar refractivity (Wildman–Crippen MR) is 98.4 cm³/mol. The van der Waals surface area contributed by atoms with Crippen LogP contribution in [0, 0.1) is 0 Å². The van der Waals surface area contributed by atoms with Crippen molar-refractivity contribution in [2.75, 3.05) is 18.1 Å². The van der Waals surface area contributed by atoms with Gasteiger partial charge >= 0.3 is 5.97 Å². The summed E-state index contributed by atoms with van der Waals surface area (Å²) in [6, 6.07) is 7.82. The van der Waals surface area contributed by atoms with Gasteiger partial charge in [-0.2, -0.15) is 0 Å². The average molecular weight is 359 g/mol. The van der Waals surface area contributed by atoms with Gasteiger partial charge in [-0.15, -0.1) is 0 Å². The van der Waals surface area contributed by atoms with Crippen molar-refractivity contribution in [1.82, 2.24) is 0 Å². The van der Waals surface area contributed by atoms with E-state index in [0.717, 1.165) is 23.1 Å². The van der Waals surface area contributed by atoms with E-state index in [1.807, 2.05) is 29.2 Å². The standard InChI is InChI=1S/C19H21NO4S/c1-4-17(23)24-12-8-7-11-20-15-9-5-6-10-16(15)25-19(20)18(13(2)21)14(3)22/h4-6,9-10H,1,7-8,11-12H2,2-3H3. The SMILES string of the molecule is C=CC(=O)OCCCCN1C(=C(C(C)=O)C(C)=O)Sc2ccccc21. The highest BCUT2D eigenvalue weighted by Gasteiger charge is 2.30. The van der Waals surface area contributed by atoms with Gasteiger partial charge < -0.3 is 9.64 Å². The molecular weight excluding hydrogens is 338 g/mol. The van der Waals surface area contributed by atoms with Crippen molar-refractivity contribution in [3.8, 4) is 0 Å². The third kappa shape index (κ3) is 4.60. The topological polar surface area (TPSA) is 63.7 Å². The van der Waals surface area contributed by atoms with Crippen LogP contribution in [-0.2, 0) is 19.1 Å². The molecule has 2 rings (SSSR count). The Balaban J connectivity index is 2.17. The van der Waals surface area contributed by atoms with Crippen LogP contribution in [0.1, 0.15) is 26.7 Å². The fourth-order valence-corrected chi connectivity index (χ4v) is 3.92. The summed E-state index contributed by atoms with van der Waals surface area (Å²) in [6.07, 6.45) is 2.58. The van der Waals surface area contributed by atoms with Gasteiger partial charge in [-0.25, -0.2) is 4.79 Å². The first-order valence-electron chi connectivity index (χ1n) is 8.05. The van der Waals surface area contributed by atoms with Gasteiger partial charge in [-0.1, -0.05) is 30.5 Å². The van der Waals surface area contributed by atoms with E-state index in [1.165, 1.54) is 25.6 Å². The van der Waals surface area contributed by atoms with Gasteiger partial charge in [0.25, 0.3) is 0 Å². The van der Waals surface area contributed by atoms with E-state index < -0.39 is 5.97 Å². The molecule has 0 aliphatic carbocycles. The lowest BCUT2D eigenvalue weighted by atomic mass is 10.1. The predicted octanol–water partition coefficient (Wildman–Crippen LogP) is 3.50. The van der Waals surface area contributed by atoms with E-state index in [2.05, 4.69) is 6.58 Å². The zero-order chi connectivity index (χ0) is 18.4. The first-order chi connectivity index (χ1) is 12.0. The van der Waals surface area contributed by atoms with Crippen molar-refractivity contribution in [1.29, 1.82) is 0 Å². The molecule has 132 valence electrons. The highest BCUT2D eigenvalue weighted by atomic mass is 32.2. The van der Waals surface area contributed by atoms with Crippen LogP contribution in [0.5, 0.6) is 0 Å². The number of hydrogen-bond acceptors (Lipinski definition) is 6. The number of ketones is 2. The molecule has 0 N–H and O–H groups in total. The minimum absolute atomic E-state index is 0.229. The molecule has 1 aliphatic rings. The second-order valence-corrected chi connectivity index (χ2v) is 6.62. The molecule has 0 saturated heterocycles. The third-order valence-electron chi connectivity index (χ3n) is 3.71. The summed E-state index contributed by atoms with van der Waals surface area (Å²) in [6.45, 7) is 7.14. The summed E-state index contributed by atoms with van der Waals surface area (Å²) in [4.78, 5) is 38.0. The Hall–Kier alpha value is -2.34. The molecule has 0 unspecified atom stereocenters. The summed E-state index contributed by atoms with van der Waals surface area (Å²) in [5, 5.41) is 0.685. The lowest BCUT2D eigenvalue weighted by Gasteiger charge is -2.22. The Kier molecular flexibility index (Phi) is 6.58. The number of anilines is 1. The number of esters is 1. The fourth-order valence-electron chi connectivity index (χ4n) is 2.60. The highest BCUT2D eigenvalue weighted by Crippen LogP contribution is 2.47. The van der Waals surface area contributed by atoms with Gasteiger partial charge in [0, 0.05) is 17.5 Å². The maximum Gasteiger partial charge on any atom is 0.330 e. The second-order valence-electron chi connectivity index (χ2n) is 5.59. The van der Waals surface area contributed by atoms with Gasteiger partial charge in [0.2, 0.25) is 0 Å². The molecule has 0 radical (unpaired) electrons. The number of rotatable bonds is 8. The molecule has 0 saturated carbocycles. The Morgan fingerprint density at radius 1 is 1.16 bits per heavy atom. The summed E-state index contributed by atoms with van der Waals surface area (Å²) in [7, 11) is 0. The molecule has 0 amide bonds. The molecule has 0 bridgehead atoms. The van der Waals surface area contributed by atoms with E-state index in [4.69, 9.17) is 4.74 Å². The molecule has 1 aromatic carbocycles. The van der Waals surface area contributed by atoms with Crippen molar-refractivity contribution in [3.63, 3.8) is 0 Å². The van der Waals surface area contributed by atoms with Crippen LogP contribution in [0.25, 0.3) is 0 Å². The van der Waals surface area contributed by atoms with Crippen molar-refractivity contribution in [2.24, 2.45) is 0 Å². The number of benzene rings is 1. The summed E-state index contributed by atoms with van der Waals surface area (Å²) >= 11 is 1.45. The Morgan fingerprint density at radius 3 is 2.48 bits per heavy atom. The molecule has 0 fully saturated rings. The van der Waals surface area contributed by atoms with E-state index in [0.29, 0.717) is 24.6 Å². The number of allylic oxidation sites excluding steroid dienone is 1. The van der Waals surface area contributed by atoms with Crippen LogP contribution in [0.4, 0.5) is 5.69 Å². The number of carbonyl (C=O) groups is 3. The number of fused-ring (bicyclic) bond motifs is 1. The number of thioether (sulfide) groups is 1. The van der Waals surface area contributed by atoms with Crippen molar-refractivity contribution in [2.45, 2.75) is 31.6 Å². The van der Waals surface area contributed by atoms with Gasteiger partial charge in [0.1, 0.15) is 0 Å². The smallest absolute Gasteiger partial charge is 0.330 e. The number of ether oxygens (including phenoxy) is 1. The molecule has 0 spiro atoms. The number of Topliss-reactive ketones (excluding diaryl/α,β-unsaturated/α-hetero) is 2. The van der Waals surface area contributed by atoms with E-state index >= 15 is 0 Å². The molecule has 6 heteroatoms. The van der Waals surface area contributed by atoms with Crippen LogP contribution in [0.15, 0.2) is 52.4 Å². The lowest BCUT2D eigenvalue weighted by molar-refractivity contribution is -0.137. The van der Waals surface area contributed by atoms with Crippen molar-refractivity contribution in [3.05, 3.63) is 47.5 Å². The Morgan fingerprint density at radius 2 is 1.84 bits per heavy atom. The molecule has 0 atom stereocenters. The zero-order valence-electron chi connectivity index (χ0n) is 14.4. The average Bonchev–Trinajstić information content (AvgIpc) is 2.91. The number of hydrogen-bond donors (Lipinski definition) is 0. The number of nitrogens with zero attached hydrogens (tertiary/aromatic N) is 1. The van der Waals surface area contributed by atoms with Crippen LogP contribution in [0.3, 0.4) is 0 Å². The quantitative estimate of drug-likeness (QED) is 0.233. The first-order valence-corrected chi connectivity index (χ1v) is 8.87. The Bertz CT molecular complexity index is 723. The van der Waals surface area contributed by atoms with Gasteiger partial charge in [0.05, 0.1) is 22.9 Å². The largest absolute Gasteiger partial charge is 0.463 e. The monoisotopic (exact) mass is 359 g/mol. The van der Waals surface area contributed by atoms with Crippen LogP contribution < -0.4 is 4.90 Å². The van der Waals surface area contributed by atoms with Crippen LogP contribution in [-0.4, -0.2) is 30.7 Å². The van der Waals surface area contributed by atoms with Crippen molar-refractivity contribution < 1.29 is 19.1 Å². The minimum Gasteiger partial charge on any atom is -0.463 e. The van der Waals surface area contributed by atoms with Crippen LogP contribution in [0.2, 0.25) is 0 Å². The highest BCUT2D eigenvalue weighted by molar-refractivity contribution is 8.03. The van der Waals surface area contributed by atoms with E-state index in [1.54, 1.807) is 0 Å². The molecule has 1 heterocycles. The summed E-state index contributed by atoms with van der Waals surface area (Å²) in [5.74, 6) is -0.890. The van der Waals surface area contributed by atoms with Gasteiger partial charge in [-0.05, 0) is 38.8 Å². The van der Waals surface area contributed by atoms with Crippen molar-refractivity contribution >= 4 is 35.0 Å². The molecule has 1 aromatic rings. The van der Waals surface area contributed by atoms with Gasteiger partial charge in [0.15, 0.2) is 11.6 Å². The fraction of sp³-hybridized carbons (Fsp3) is 0.316. The number of unbranched alkanes of at least 4 members (excludes halogenated alkanes) is 1. The molecular formula is C19H21NO4S. The minimum atomic E-state index is -0.432. The van der Waals surface area contributed by atoms with E-state index in [-0.39, 0.29) is 17.1 Å². The summed E-state index contributed by atoms with van der Waals surface area (Å²) in [5.41, 5.74) is 1.23. The van der Waals surface area contributed by atoms with Crippen LogP contribution >= 0.6 is 11.8 Å². The molecule has 25 heavy (non-hydrogen) atoms. The number of para-hydroxylation sites is 1. The second kappa shape index (κ2) is 8.67. The zero-order valence-corrected chi connectivity index (χ0v) is 15.2. The summed E-state index contributed by atoms with van der Waals surface area (Å²) < 4.78 is 4.98. The maximum absolute atomic E-state index is 12.0. The van der Waals surface area contributed by atoms with Gasteiger partial charge in [-0.3, -0.25) is 9.59 Å². The molecule has 0 aromatic heterocycles. The molecule has 1 aliphatic heterocycles. The maximum atomic E-state index is 12.0. The third-order valence-corrected chi connectivity index (χ3v) is 4.90. The normalized spacial score (nSPS) is 12.6. The molecule has 5 nitrogen and oxygen atoms in total. The first kappa shape index (κ1) is 19.0. The lowest BCUT2D eigenvalue weighted by Crippen LogP contribution is -2.24. The van der Waals surface area contributed by atoms with E-state index in [9.17, 15) is 14.4 Å². The number of carbonyl (C=O) groups excluding carboxylic acids is 3. The Labute approximate surface area is 151 Å².